The number of hydrogen-bond donors (Lipinski definition) is 1. The smallest absolute Gasteiger partial charge is 0.270 e. The molecule has 1 aliphatic heterocycles. The Kier molecular flexibility index (Phi) is 4.92. The van der Waals surface area contributed by atoms with Crippen LogP contribution in [0.25, 0.3) is 0 Å². The average Bonchev–Trinajstić information content (AvgIpc) is 2.80. The maximum Gasteiger partial charge on any atom is 0.270 e. The lowest BCUT2D eigenvalue weighted by molar-refractivity contribution is -0.135. The molecule has 6 heteroatoms. The first kappa shape index (κ1) is 17.2. The lowest BCUT2D eigenvalue weighted by atomic mass is 10.1. The van der Waals surface area contributed by atoms with Gasteiger partial charge in [0.05, 0.1) is 0 Å². The fraction of sp³-hybridized carbons (Fsp3) is 0.588. The van der Waals surface area contributed by atoms with Gasteiger partial charge in [-0.3, -0.25) is 14.4 Å². The number of aryl methyl sites for hydroxylation is 1. The second-order valence-electron chi connectivity index (χ2n) is 6.45. The molecule has 0 bridgehead atoms. The molecular weight excluding hydrogens is 294 g/mol. The minimum Gasteiger partial charge on any atom is -0.354 e. The second-order valence-corrected chi connectivity index (χ2v) is 6.45. The van der Waals surface area contributed by atoms with Crippen molar-refractivity contribution < 1.29 is 14.4 Å². The molecule has 1 fully saturated rings. The zero-order valence-electron chi connectivity index (χ0n) is 14.5. The average molecular weight is 319 g/mol. The third-order valence-electron chi connectivity index (χ3n) is 4.38. The van der Waals surface area contributed by atoms with Gasteiger partial charge in [-0.2, -0.15) is 0 Å². The summed E-state index contributed by atoms with van der Waals surface area (Å²) in [7, 11) is 0. The van der Waals surface area contributed by atoms with Crippen LogP contribution in [0.3, 0.4) is 0 Å². The van der Waals surface area contributed by atoms with E-state index in [4.69, 9.17) is 0 Å². The molecule has 1 aliphatic rings. The van der Waals surface area contributed by atoms with Crippen LogP contribution in [-0.4, -0.2) is 58.6 Å². The number of carbonyl (C=O) groups is 3. The summed E-state index contributed by atoms with van der Waals surface area (Å²) in [6.07, 6.45) is 0. The van der Waals surface area contributed by atoms with Gasteiger partial charge in [0.1, 0.15) is 5.69 Å². The molecule has 0 aromatic carbocycles. The Labute approximate surface area is 136 Å². The highest BCUT2D eigenvalue weighted by Crippen LogP contribution is 2.20. The van der Waals surface area contributed by atoms with E-state index in [-0.39, 0.29) is 23.5 Å². The third kappa shape index (κ3) is 3.30. The number of piperazine rings is 1. The van der Waals surface area contributed by atoms with Crippen LogP contribution < -0.4 is 0 Å². The highest BCUT2D eigenvalue weighted by Gasteiger charge is 2.28. The lowest BCUT2D eigenvalue weighted by Gasteiger charge is -2.35. The third-order valence-corrected chi connectivity index (χ3v) is 4.38. The van der Waals surface area contributed by atoms with Gasteiger partial charge in [0, 0.05) is 43.4 Å². The van der Waals surface area contributed by atoms with Crippen LogP contribution in [-0.2, 0) is 4.79 Å². The Morgan fingerprint density at radius 2 is 1.52 bits per heavy atom. The van der Waals surface area contributed by atoms with E-state index in [1.165, 1.54) is 6.92 Å². The first-order valence-electron chi connectivity index (χ1n) is 8.02. The van der Waals surface area contributed by atoms with Crippen molar-refractivity contribution in [1.29, 1.82) is 0 Å². The number of H-pyrrole nitrogens is 1. The summed E-state index contributed by atoms with van der Waals surface area (Å²) in [6, 6.07) is 0. The molecule has 0 atom stereocenters. The van der Waals surface area contributed by atoms with E-state index < -0.39 is 0 Å². The number of nitrogens with zero attached hydrogens (tertiary/aromatic N) is 2. The summed E-state index contributed by atoms with van der Waals surface area (Å²) in [6.45, 7) is 11.0. The molecule has 1 aromatic heterocycles. The Morgan fingerprint density at radius 1 is 1.00 bits per heavy atom. The Morgan fingerprint density at radius 3 is 1.96 bits per heavy atom. The van der Waals surface area contributed by atoms with E-state index in [2.05, 4.69) is 4.98 Å². The quantitative estimate of drug-likeness (QED) is 0.863. The van der Waals surface area contributed by atoms with E-state index in [1.54, 1.807) is 18.7 Å². The van der Waals surface area contributed by atoms with Gasteiger partial charge in [0.15, 0.2) is 5.78 Å². The normalized spacial score (nSPS) is 15.2. The highest BCUT2D eigenvalue weighted by molar-refractivity contribution is 6.02. The largest absolute Gasteiger partial charge is 0.354 e. The molecule has 2 rings (SSSR count). The number of aromatic nitrogens is 1. The minimum atomic E-state index is -0.102. The zero-order valence-corrected chi connectivity index (χ0v) is 14.5. The molecule has 23 heavy (non-hydrogen) atoms. The van der Waals surface area contributed by atoms with Crippen LogP contribution in [0.4, 0.5) is 0 Å². The predicted molar refractivity (Wildman–Crippen MR) is 87.6 cm³/mol. The van der Waals surface area contributed by atoms with Crippen molar-refractivity contribution in [2.24, 2.45) is 5.92 Å². The van der Waals surface area contributed by atoms with Crippen molar-refractivity contribution in [3.05, 3.63) is 22.5 Å². The van der Waals surface area contributed by atoms with Crippen LogP contribution in [0.5, 0.6) is 0 Å². The molecule has 0 unspecified atom stereocenters. The number of hydrogen-bond acceptors (Lipinski definition) is 3. The van der Waals surface area contributed by atoms with E-state index in [0.29, 0.717) is 43.0 Å². The number of rotatable bonds is 3. The van der Waals surface area contributed by atoms with Crippen molar-refractivity contribution in [1.82, 2.24) is 14.8 Å². The number of amides is 2. The number of carbonyl (C=O) groups excluding carboxylic acids is 3. The minimum absolute atomic E-state index is 0.0244. The topological polar surface area (TPSA) is 73.5 Å². The predicted octanol–water partition coefficient (Wildman–Crippen LogP) is 1.77. The monoisotopic (exact) mass is 319 g/mol. The highest BCUT2D eigenvalue weighted by atomic mass is 16.2. The van der Waals surface area contributed by atoms with Crippen LogP contribution in [0.15, 0.2) is 0 Å². The molecule has 2 amide bonds. The first-order valence-corrected chi connectivity index (χ1v) is 8.02. The number of ketones is 1. The number of Topliss-reactive ketones (excluding diaryl/α,β-unsaturated/α-hetero) is 1. The maximum absolute atomic E-state index is 12.7. The fourth-order valence-electron chi connectivity index (χ4n) is 3.15. The van der Waals surface area contributed by atoms with Crippen LogP contribution >= 0.6 is 0 Å². The van der Waals surface area contributed by atoms with Gasteiger partial charge in [-0.1, -0.05) is 13.8 Å². The van der Waals surface area contributed by atoms with Gasteiger partial charge in [-0.25, -0.2) is 0 Å². The molecule has 0 spiro atoms. The van der Waals surface area contributed by atoms with Gasteiger partial charge < -0.3 is 14.8 Å². The Balaban J connectivity index is 2.10. The fourth-order valence-corrected chi connectivity index (χ4v) is 3.15. The Bertz CT molecular complexity index is 638. The van der Waals surface area contributed by atoms with Crippen molar-refractivity contribution in [2.75, 3.05) is 26.2 Å². The van der Waals surface area contributed by atoms with Gasteiger partial charge in [-0.05, 0) is 26.3 Å². The molecule has 1 saturated heterocycles. The molecular formula is C17H25N3O3. The van der Waals surface area contributed by atoms with Gasteiger partial charge >= 0.3 is 0 Å². The van der Waals surface area contributed by atoms with Crippen molar-refractivity contribution in [2.45, 2.75) is 34.6 Å². The van der Waals surface area contributed by atoms with Crippen molar-refractivity contribution >= 4 is 17.6 Å². The molecule has 2 heterocycles. The van der Waals surface area contributed by atoms with E-state index in [1.807, 2.05) is 18.7 Å². The van der Waals surface area contributed by atoms with Crippen molar-refractivity contribution in [3.8, 4) is 0 Å². The van der Waals surface area contributed by atoms with Gasteiger partial charge in [-0.15, -0.1) is 0 Å². The number of nitrogens with one attached hydrogen (secondary N) is 1. The summed E-state index contributed by atoms with van der Waals surface area (Å²) in [4.78, 5) is 43.0. The van der Waals surface area contributed by atoms with Crippen LogP contribution in [0.2, 0.25) is 0 Å². The molecule has 0 saturated carbocycles. The van der Waals surface area contributed by atoms with Crippen LogP contribution in [0.1, 0.15) is 52.9 Å². The Hall–Kier alpha value is -2.11. The van der Waals surface area contributed by atoms with E-state index >= 15 is 0 Å². The lowest BCUT2D eigenvalue weighted by Crippen LogP contribution is -2.51. The zero-order chi connectivity index (χ0) is 17.3. The molecule has 0 radical (unpaired) electrons. The van der Waals surface area contributed by atoms with Gasteiger partial charge in [0.2, 0.25) is 5.91 Å². The standard InChI is InChI=1S/C17H25N3O3/c1-10(2)16(22)19-6-8-20(9-7-19)17(23)15-11(3)14(13(5)21)12(4)18-15/h10,18H,6-9H2,1-5H3. The summed E-state index contributed by atoms with van der Waals surface area (Å²) in [5, 5.41) is 0. The van der Waals surface area contributed by atoms with Gasteiger partial charge in [0.25, 0.3) is 5.91 Å². The number of aromatic amines is 1. The van der Waals surface area contributed by atoms with Crippen LogP contribution in [0, 0.1) is 19.8 Å². The van der Waals surface area contributed by atoms with E-state index in [0.717, 1.165) is 5.69 Å². The molecule has 1 N–H and O–H groups in total. The molecule has 0 aliphatic carbocycles. The SMILES string of the molecule is CC(=O)c1c(C)[nH]c(C(=O)N2CCN(C(=O)C(C)C)CC2)c1C. The summed E-state index contributed by atoms with van der Waals surface area (Å²) >= 11 is 0. The van der Waals surface area contributed by atoms with Crippen molar-refractivity contribution in [3.63, 3.8) is 0 Å². The summed E-state index contributed by atoms with van der Waals surface area (Å²) < 4.78 is 0. The summed E-state index contributed by atoms with van der Waals surface area (Å²) in [5.74, 6) is -0.0380. The molecule has 6 nitrogen and oxygen atoms in total. The maximum atomic E-state index is 12.7. The molecule has 126 valence electrons. The van der Waals surface area contributed by atoms with E-state index in [9.17, 15) is 14.4 Å². The molecule has 1 aromatic rings. The summed E-state index contributed by atoms with van der Waals surface area (Å²) in [5.41, 5.74) is 2.52. The second kappa shape index (κ2) is 6.56. The first-order chi connectivity index (χ1) is 10.7.